The monoisotopic (exact) mass is 264 g/mol. The van der Waals surface area contributed by atoms with Gasteiger partial charge in [-0.25, -0.2) is 0 Å². The summed E-state index contributed by atoms with van der Waals surface area (Å²) in [6.45, 7) is 3.19. The van der Waals surface area contributed by atoms with Gasteiger partial charge in [0.25, 0.3) is 0 Å². The highest BCUT2D eigenvalue weighted by Crippen LogP contribution is 2.17. The molecule has 96 valence electrons. The van der Waals surface area contributed by atoms with Crippen LogP contribution in [0.25, 0.3) is 0 Å². The molecule has 0 aromatic carbocycles. The van der Waals surface area contributed by atoms with Gasteiger partial charge in [-0.05, 0) is 25.0 Å². The van der Waals surface area contributed by atoms with E-state index in [1.165, 1.54) is 31.6 Å². The summed E-state index contributed by atoms with van der Waals surface area (Å²) in [7, 11) is 0. The molecule has 1 fully saturated rings. The third kappa shape index (κ3) is 2.85. The molecule has 18 heavy (non-hydrogen) atoms. The number of pyridine rings is 1. The van der Waals surface area contributed by atoms with E-state index in [1.807, 2.05) is 12.1 Å². The van der Waals surface area contributed by atoms with Gasteiger partial charge in [-0.3, -0.25) is 0 Å². The summed E-state index contributed by atoms with van der Waals surface area (Å²) >= 11 is 0. The van der Waals surface area contributed by atoms with Crippen LogP contribution in [0.4, 0.5) is 5.69 Å². The molecule has 3 heterocycles. The van der Waals surface area contributed by atoms with Crippen molar-refractivity contribution in [2.24, 2.45) is 0 Å². The first-order chi connectivity index (χ1) is 8.42. The maximum absolute atomic E-state index is 5.34. The molecule has 0 aliphatic carbocycles. The van der Waals surface area contributed by atoms with Gasteiger partial charge in [0.15, 0.2) is 18.2 Å². The number of hydrogen-bond donors (Lipinski definition) is 0. The number of halogens is 1. The Morgan fingerprint density at radius 1 is 1.11 bits per heavy atom. The smallest absolute Gasteiger partial charge is 0.205 e. The molecule has 2 aromatic heterocycles. The summed E-state index contributed by atoms with van der Waals surface area (Å²) in [5, 5.41) is 0. The molecule has 0 amide bonds. The predicted molar refractivity (Wildman–Crippen MR) is 65.9 cm³/mol. The minimum absolute atomic E-state index is 0. The average molecular weight is 265 g/mol. The molecule has 0 unspecified atom stereocenters. The molecule has 0 spiro atoms. The summed E-state index contributed by atoms with van der Waals surface area (Å²) in [5.41, 5.74) is 1.33. The van der Waals surface area contributed by atoms with Crippen LogP contribution in [0.1, 0.15) is 18.6 Å². The van der Waals surface area contributed by atoms with Gasteiger partial charge in [-0.1, -0.05) is 0 Å². The molecule has 3 rings (SSSR count). The molecule has 4 heteroatoms. The Hall–Kier alpha value is -1.48. The van der Waals surface area contributed by atoms with E-state index in [0.717, 1.165) is 12.3 Å². The van der Waals surface area contributed by atoms with Crippen LogP contribution >= 0.6 is 0 Å². The van der Waals surface area contributed by atoms with E-state index in [2.05, 4.69) is 34.0 Å². The first-order valence-electron chi connectivity index (χ1n) is 6.18. The highest BCUT2D eigenvalue weighted by Gasteiger charge is 2.13. The van der Waals surface area contributed by atoms with Crippen molar-refractivity contribution in [1.29, 1.82) is 0 Å². The molecule has 0 bridgehead atoms. The lowest BCUT2D eigenvalue weighted by molar-refractivity contribution is -0.689. The fourth-order valence-corrected chi connectivity index (χ4v) is 2.32. The Morgan fingerprint density at radius 3 is 2.44 bits per heavy atom. The number of nitrogens with zero attached hydrogens (tertiary/aromatic N) is 2. The van der Waals surface area contributed by atoms with Crippen LogP contribution in [0.2, 0.25) is 0 Å². The normalized spacial score (nSPS) is 14.6. The van der Waals surface area contributed by atoms with Crippen LogP contribution in [-0.2, 0) is 6.54 Å². The third-order valence-electron chi connectivity index (χ3n) is 3.26. The van der Waals surface area contributed by atoms with Crippen LogP contribution in [0.15, 0.2) is 47.3 Å². The van der Waals surface area contributed by atoms with Crippen molar-refractivity contribution in [3.05, 3.63) is 48.7 Å². The minimum Gasteiger partial charge on any atom is -1.00 e. The number of rotatable bonds is 3. The molecule has 1 saturated heterocycles. The summed E-state index contributed by atoms with van der Waals surface area (Å²) in [6.07, 6.45) is 8.60. The Balaban J connectivity index is 0.00000120. The molecule has 1 aliphatic heterocycles. The standard InChI is InChI=1S/C14H17N2O.ClH/c1-2-8-16(7-1)13-5-9-15(10-6-13)12-14-4-3-11-17-14;/h3-6,9-11H,1-2,7-8,12H2;1H/q+1;/p-1. The first kappa shape index (κ1) is 13.0. The van der Waals surface area contributed by atoms with Gasteiger partial charge in [-0.15, -0.1) is 0 Å². The van der Waals surface area contributed by atoms with E-state index in [-0.39, 0.29) is 12.4 Å². The van der Waals surface area contributed by atoms with Crippen molar-refractivity contribution in [2.75, 3.05) is 18.0 Å². The summed E-state index contributed by atoms with van der Waals surface area (Å²) in [4.78, 5) is 2.44. The molecule has 0 atom stereocenters. The minimum atomic E-state index is 0. The molecule has 3 nitrogen and oxygen atoms in total. The van der Waals surface area contributed by atoms with Crippen molar-refractivity contribution in [3.63, 3.8) is 0 Å². The van der Waals surface area contributed by atoms with Crippen LogP contribution < -0.4 is 21.9 Å². The lowest BCUT2D eigenvalue weighted by atomic mass is 10.3. The Morgan fingerprint density at radius 2 is 1.83 bits per heavy atom. The fourth-order valence-electron chi connectivity index (χ4n) is 2.32. The maximum atomic E-state index is 5.34. The molecular formula is C14H17ClN2O. The second-order valence-electron chi connectivity index (χ2n) is 4.50. The average Bonchev–Trinajstić information content (AvgIpc) is 3.01. The first-order valence-corrected chi connectivity index (χ1v) is 6.18. The molecular weight excluding hydrogens is 248 g/mol. The van der Waals surface area contributed by atoms with E-state index >= 15 is 0 Å². The third-order valence-corrected chi connectivity index (χ3v) is 3.26. The van der Waals surface area contributed by atoms with E-state index in [0.29, 0.717) is 0 Å². The van der Waals surface area contributed by atoms with Crippen molar-refractivity contribution in [1.82, 2.24) is 0 Å². The highest BCUT2D eigenvalue weighted by atomic mass is 35.5. The van der Waals surface area contributed by atoms with Gasteiger partial charge in [0.05, 0.1) is 6.26 Å². The van der Waals surface area contributed by atoms with Crippen molar-refractivity contribution >= 4 is 5.69 Å². The van der Waals surface area contributed by atoms with Crippen LogP contribution in [0.5, 0.6) is 0 Å². The van der Waals surface area contributed by atoms with Gasteiger partial charge < -0.3 is 21.7 Å². The number of anilines is 1. The van der Waals surface area contributed by atoms with E-state index in [4.69, 9.17) is 4.42 Å². The van der Waals surface area contributed by atoms with Gasteiger partial charge >= 0.3 is 0 Å². The van der Waals surface area contributed by atoms with Crippen LogP contribution in [0.3, 0.4) is 0 Å². The lowest BCUT2D eigenvalue weighted by Gasteiger charge is -2.16. The maximum Gasteiger partial charge on any atom is 0.205 e. The fraction of sp³-hybridized carbons (Fsp3) is 0.357. The quantitative estimate of drug-likeness (QED) is 0.678. The van der Waals surface area contributed by atoms with E-state index in [1.54, 1.807) is 6.26 Å². The molecule has 0 N–H and O–H groups in total. The zero-order chi connectivity index (χ0) is 11.5. The number of furan rings is 1. The van der Waals surface area contributed by atoms with Crippen molar-refractivity contribution in [3.8, 4) is 0 Å². The van der Waals surface area contributed by atoms with Crippen LogP contribution in [-0.4, -0.2) is 13.1 Å². The Labute approximate surface area is 113 Å². The summed E-state index contributed by atoms with van der Waals surface area (Å²) in [6, 6.07) is 8.30. The molecule has 0 saturated carbocycles. The highest BCUT2D eigenvalue weighted by molar-refractivity contribution is 5.44. The van der Waals surface area contributed by atoms with Gasteiger partial charge in [0, 0.05) is 30.9 Å². The summed E-state index contributed by atoms with van der Waals surface area (Å²) in [5.74, 6) is 0.990. The largest absolute Gasteiger partial charge is 1.00 e. The number of aromatic nitrogens is 1. The molecule has 1 aliphatic rings. The Kier molecular flexibility index (Phi) is 4.26. The summed E-state index contributed by atoms with van der Waals surface area (Å²) < 4.78 is 7.47. The second kappa shape index (κ2) is 5.91. The zero-order valence-electron chi connectivity index (χ0n) is 10.3. The second-order valence-corrected chi connectivity index (χ2v) is 4.50. The molecule has 0 radical (unpaired) electrons. The molecule has 2 aromatic rings. The van der Waals surface area contributed by atoms with Gasteiger partial charge in [-0.2, -0.15) is 4.57 Å². The van der Waals surface area contributed by atoms with Gasteiger partial charge in [0.2, 0.25) is 6.54 Å². The van der Waals surface area contributed by atoms with E-state index in [9.17, 15) is 0 Å². The number of hydrogen-bond acceptors (Lipinski definition) is 2. The van der Waals surface area contributed by atoms with Crippen molar-refractivity contribution < 1.29 is 21.4 Å². The Bertz CT molecular complexity index is 461. The predicted octanol–water partition coefficient (Wildman–Crippen LogP) is -0.780. The topological polar surface area (TPSA) is 20.3 Å². The van der Waals surface area contributed by atoms with Crippen LogP contribution in [0, 0.1) is 0 Å². The van der Waals surface area contributed by atoms with E-state index < -0.39 is 0 Å². The SMILES string of the molecule is [Cl-].c1coc(C[n+]2ccc(N3CCCC3)cc2)c1. The lowest BCUT2D eigenvalue weighted by Crippen LogP contribution is -3.00. The zero-order valence-corrected chi connectivity index (χ0v) is 11.0. The van der Waals surface area contributed by atoms with Gasteiger partial charge in [0.1, 0.15) is 0 Å². The van der Waals surface area contributed by atoms with Crippen molar-refractivity contribution in [2.45, 2.75) is 19.4 Å².